The van der Waals surface area contributed by atoms with Crippen LogP contribution in [0.25, 0.3) is 10.1 Å². The molecule has 1 atom stereocenters. The Hall–Kier alpha value is -1.06. The summed E-state index contributed by atoms with van der Waals surface area (Å²) in [6.45, 7) is 0.962. The average molecular weight is 334 g/mol. The molecule has 106 valence electrons. The van der Waals surface area contributed by atoms with Crippen molar-refractivity contribution in [3.05, 3.63) is 68.5 Å². The summed E-state index contributed by atoms with van der Waals surface area (Å²) in [5.41, 5.74) is 2.61. The molecule has 4 rings (SSSR count). The molecule has 1 aliphatic heterocycles. The molecule has 0 bridgehead atoms. The number of thiophene rings is 1. The zero-order chi connectivity index (χ0) is 14.4. The first-order valence-corrected chi connectivity index (χ1v) is 8.50. The van der Waals surface area contributed by atoms with Gasteiger partial charge in [-0.15, -0.1) is 11.3 Å². The van der Waals surface area contributed by atoms with Gasteiger partial charge in [0.1, 0.15) is 0 Å². The summed E-state index contributed by atoms with van der Waals surface area (Å²) in [6.07, 6.45) is 1.03. The maximum atomic E-state index is 6.63. The zero-order valence-electron chi connectivity index (χ0n) is 11.2. The fraction of sp³-hybridized carbons (Fsp3) is 0.176. The molecule has 0 spiro atoms. The van der Waals surface area contributed by atoms with E-state index in [1.807, 2.05) is 12.1 Å². The second-order valence-electron chi connectivity index (χ2n) is 5.26. The van der Waals surface area contributed by atoms with Crippen molar-refractivity contribution in [3.63, 3.8) is 0 Å². The highest BCUT2D eigenvalue weighted by Crippen LogP contribution is 2.42. The van der Waals surface area contributed by atoms with Gasteiger partial charge >= 0.3 is 0 Å². The normalized spacial score (nSPS) is 17.9. The Balaban J connectivity index is 1.90. The summed E-state index contributed by atoms with van der Waals surface area (Å²) in [5.74, 6) is 0. The first-order chi connectivity index (χ1) is 10.2. The molecule has 1 unspecified atom stereocenters. The highest BCUT2D eigenvalue weighted by atomic mass is 35.5. The molecule has 1 aliphatic rings. The van der Waals surface area contributed by atoms with Gasteiger partial charge < -0.3 is 5.32 Å². The number of nitrogens with one attached hydrogen (secondary N) is 1. The second kappa shape index (κ2) is 5.29. The fourth-order valence-electron chi connectivity index (χ4n) is 2.98. The zero-order valence-corrected chi connectivity index (χ0v) is 13.5. The van der Waals surface area contributed by atoms with Crippen LogP contribution in [0, 0.1) is 0 Å². The first-order valence-electron chi connectivity index (χ1n) is 6.92. The van der Waals surface area contributed by atoms with Crippen LogP contribution in [-0.4, -0.2) is 6.54 Å². The third-order valence-electron chi connectivity index (χ3n) is 3.98. The Labute approximate surface area is 137 Å². The van der Waals surface area contributed by atoms with Gasteiger partial charge in [-0.05, 0) is 35.7 Å². The van der Waals surface area contributed by atoms with Gasteiger partial charge in [-0.2, -0.15) is 0 Å². The molecular formula is C17H13Cl2NS. The lowest BCUT2D eigenvalue weighted by atomic mass is 9.93. The van der Waals surface area contributed by atoms with Crippen LogP contribution in [0.3, 0.4) is 0 Å². The summed E-state index contributed by atoms with van der Waals surface area (Å²) in [5, 5.41) is 6.36. The van der Waals surface area contributed by atoms with E-state index < -0.39 is 0 Å². The topological polar surface area (TPSA) is 12.0 Å². The van der Waals surface area contributed by atoms with E-state index in [9.17, 15) is 0 Å². The van der Waals surface area contributed by atoms with Crippen LogP contribution in [0.2, 0.25) is 10.0 Å². The van der Waals surface area contributed by atoms with Crippen LogP contribution in [0.4, 0.5) is 0 Å². The first kappa shape index (κ1) is 13.6. The molecule has 0 aliphatic carbocycles. The third-order valence-corrected chi connectivity index (χ3v) is 5.97. The number of rotatable bonds is 1. The van der Waals surface area contributed by atoms with Crippen molar-refractivity contribution in [2.45, 2.75) is 12.5 Å². The monoisotopic (exact) mass is 333 g/mol. The van der Waals surface area contributed by atoms with Gasteiger partial charge in [0.25, 0.3) is 0 Å². The van der Waals surface area contributed by atoms with Crippen LogP contribution in [0.1, 0.15) is 22.0 Å². The standard InChI is InChI=1S/C17H13Cl2NS/c18-11-6-5-10-7-8-20-16(13(10)9-11)17-15(19)12-3-1-2-4-14(12)21-17/h1-6,9,16,20H,7-8H2. The number of hydrogen-bond donors (Lipinski definition) is 1. The molecule has 3 aromatic rings. The van der Waals surface area contributed by atoms with Crippen LogP contribution >= 0.6 is 34.5 Å². The van der Waals surface area contributed by atoms with E-state index in [4.69, 9.17) is 23.2 Å². The Morgan fingerprint density at radius 3 is 2.81 bits per heavy atom. The minimum absolute atomic E-state index is 0.136. The molecule has 1 aromatic heterocycles. The van der Waals surface area contributed by atoms with Crippen molar-refractivity contribution in [3.8, 4) is 0 Å². The lowest BCUT2D eigenvalue weighted by Crippen LogP contribution is -2.30. The minimum atomic E-state index is 0.136. The summed E-state index contributed by atoms with van der Waals surface area (Å²) in [6, 6.07) is 14.6. The molecule has 4 heteroatoms. The molecule has 1 nitrogen and oxygen atoms in total. The van der Waals surface area contributed by atoms with E-state index in [1.54, 1.807) is 11.3 Å². The van der Waals surface area contributed by atoms with Crippen molar-refractivity contribution in [2.24, 2.45) is 0 Å². The number of benzene rings is 2. The molecule has 0 saturated carbocycles. The van der Waals surface area contributed by atoms with E-state index in [2.05, 4.69) is 35.6 Å². The number of hydrogen-bond acceptors (Lipinski definition) is 2. The Morgan fingerprint density at radius 1 is 1.10 bits per heavy atom. The molecular weight excluding hydrogens is 321 g/mol. The van der Waals surface area contributed by atoms with E-state index >= 15 is 0 Å². The van der Waals surface area contributed by atoms with Gasteiger partial charge in [-0.25, -0.2) is 0 Å². The summed E-state index contributed by atoms with van der Waals surface area (Å²) >= 11 is 14.6. The highest BCUT2D eigenvalue weighted by Gasteiger charge is 2.26. The van der Waals surface area contributed by atoms with Crippen molar-refractivity contribution in [2.75, 3.05) is 6.54 Å². The highest BCUT2D eigenvalue weighted by molar-refractivity contribution is 7.19. The van der Waals surface area contributed by atoms with E-state index in [0.29, 0.717) is 0 Å². The number of fused-ring (bicyclic) bond motifs is 2. The molecule has 0 amide bonds. The smallest absolute Gasteiger partial charge is 0.0689 e. The lowest BCUT2D eigenvalue weighted by molar-refractivity contribution is 0.575. The van der Waals surface area contributed by atoms with Gasteiger partial charge in [0.15, 0.2) is 0 Å². The molecule has 2 aromatic carbocycles. The Kier molecular flexibility index (Phi) is 3.43. The molecule has 2 heterocycles. The maximum Gasteiger partial charge on any atom is 0.0689 e. The van der Waals surface area contributed by atoms with Crippen molar-refractivity contribution in [1.82, 2.24) is 5.32 Å². The van der Waals surface area contributed by atoms with Gasteiger partial charge in [0.2, 0.25) is 0 Å². The minimum Gasteiger partial charge on any atom is -0.305 e. The van der Waals surface area contributed by atoms with E-state index in [1.165, 1.54) is 20.7 Å². The second-order valence-corrected chi connectivity index (χ2v) is 7.15. The maximum absolute atomic E-state index is 6.63. The molecule has 0 saturated heterocycles. The molecule has 1 N–H and O–H groups in total. The predicted octanol–water partition coefficient (Wildman–Crippen LogP) is 5.44. The molecule has 0 fully saturated rings. The van der Waals surface area contributed by atoms with Gasteiger partial charge in [-0.1, -0.05) is 47.5 Å². The lowest BCUT2D eigenvalue weighted by Gasteiger charge is -2.26. The van der Waals surface area contributed by atoms with Gasteiger partial charge in [0, 0.05) is 26.5 Å². The SMILES string of the molecule is Clc1ccc2c(c1)C(c1sc3ccccc3c1Cl)NCC2. The van der Waals surface area contributed by atoms with Gasteiger partial charge in [-0.3, -0.25) is 0 Å². The Bertz CT molecular complexity index is 825. The van der Waals surface area contributed by atoms with Crippen molar-refractivity contribution in [1.29, 1.82) is 0 Å². The Morgan fingerprint density at radius 2 is 1.95 bits per heavy atom. The van der Waals surface area contributed by atoms with Crippen LogP contribution in [-0.2, 0) is 6.42 Å². The van der Waals surface area contributed by atoms with Crippen LogP contribution in [0.15, 0.2) is 42.5 Å². The van der Waals surface area contributed by atoms with E-state index in [-0.39, 0.29) is 6.04 Å². The summed E-state index contributed by atoms with van der Waals surface area (Å²) in [7, 11) is 0. The fourth-order valence-corrected chi connectivity index (χ4v) is 4.79. The van der Waals surface area contributed by atoms with Gasteiger partial charge in [0.05, 0.1) is 11.1 Å². The van der Waals surface area contributed by atoms with Crippen LogP contribution < -0.4 is 5.32 Å². The van der Waals surface area contributed by atoms with Crippen LogP contribution in [0.5, 0.6) is 0 Å². The largest absolute Gasteiger partial charge is 0.305 e. The predicted molar refractivity (Wildman–Crippen MR) is 91.8 cm³/mol. The molecule has 21 heavy (non-hydrogen) atoms. The number of halogens is 2. The van der Waals surface area contributed by atoms with Crippen molar-refractivity contribution >= 4 is 44.6 Å². The average Bonchev–Trinajstić information content (AvgIpc) is 2.84. The van der Waals surface area contributed by atoms with Crippen molar-refractivity contribution < 1.29 is 0 Å². The summed E-state index contributed by atoms with van der Waals surface area (Å²) < 4.78 is 1.23. The third kappa shape index (κ3) is 2.27. The van der Waals surface area contributed by atoms with E-state index in [0.717, 1.165) is 28.4 Å². The molecule has 0 radical (unpaired) electrons. The quantitative estimate of drug-likeness (QED) is 0.624. The summed E-state index contributed by atoms with van der Waals surface area (Å²) in [4.78, 5) is 1.18.